The zero-order valence-electron chi connectivity index (χ0n) is 19.1. The van der Waals surface area contributed by atoms with Gasteiger partial charge >= 0.3 is 5.97 Å². The summed E-state index contributed by atoms with van der Waals surface area (Å²) in [6, 6.07) is 28.9. The van der Waals surface area contributed by atoms with Gasteiger partial charge in [-0.15, -0.1) is 0 Å². The molecule has 170 valence electrons. The van der Waals surface area contributed by atoms with E-state index in [0.717, 1.165) is 33.3 Å². The molecule has 1 unspecified atom stereocenters. The molecule has 4 aromatic carbocycles. The van der Waals surface area contributed by atoms with Crippen molar-refractivity contribution in [3.8, 4) is 6.07 Å². The number of esters is 1. The topological polar surface area (TPSA) is 62.1 Å². The Balaban J connectivity index is 1.51. The van der Waals surface area contributed by atoms with E-state index in [2.05, 4.69) is 37.4 Å². The minimum atomic E-state index is -0.998. The van der Waals surface area contributed by atoms with Gasteiger partial charge < -0.3 is 10.1 Å². The lowest BCUT2D eigenvalue weighted by molar-refractivity contribution is -0.146. The maximum Gasteiger partial charge on any atom is 0.311 e. The molecule has 5 heteroatoms. The van der Waals surface area contributed by atoms with Gasteiger partial charge in [-0.25, -0.2) is 0 Å². The lowest BCUT2D eigenvalue weighted by atomic mass is 9.90. The lowest BCUT2D eigenvalue weighted by Crippen LogP contribution is -2.14. The highest BCUT2D eigenvalue weighted by atomic mass is 35.5. The summed E-state index contributed by atoms with van der Waals surface area (Å²) in [4.78, 5) is 12.9. The van der Waals surface area contributed by atoms with Crippen molar-refractivity contribution in [2.24, 2.45) is 0 Å². The highest BCUT2D eigenvalue weighted by Gasteiger charge is 2.19. The number of carbonyl (C=O) groups excluding carboxylic acids is 1. The first-order valence-electron chi connectivity index (χ1n) is 11.2. The quantitative estimate of drug-likeness (QED) is 0.282. The van der Waals surface area contributed by atoms with Crippen LogP contribution in [0.15, 0.2) is 84.9 Å². The van der Waals surface area contributed by atoms with Crippen LogP contribution in [0.25, 0.3) is 10.8 Å². The van der Waals surface area contributed by atoms with Crippen LogP contribution in [0.1, 0.15) is 42.6 Å². The molecule has 0 radical (unpaired) electrons. The second-order valence-corrected chi connectivity index (χ2v) is 8.88. The summed E-state index contributed by atoms with van der Waals surface area (Å²) in [5.41, 5.74) is 4.32. The van der Waals surface area contributed by atoms with Gasteiger partial charge in [0.1, 0.15) is 6.07 Å². The maximum absolute atomic E-state index is 12.9. The van der Waals surface area contributed by atoms with E-state index in [1.54, 1.807) is 18.2 Å². The fourth-order valence-electron chi connectivity index (χ4n) is 4.15. The molecular formula is C29H25ClN2O2. The van der Waals surface area contributed by atoms with Gasteiger partial charge in [0.25, 0.3) is 0 Å². The van der Waals surface area contributed by atoms with Gasteiger partial charge in [0.05, 0.1) is 6.42 Å². The normalized spacial score (nSPS) is 11.7. The van der Waals surface area contributed by atoms with E-state index < -0.39 is 12.1 Å². The number of nitrogens with zero attached hydrogens (tertiary/aromatic N) is 1. The van der Waals surface area contributed by atoms with Gasteiger partial charge in [0.2, 0.25) is 6.10 Å². The van der Waals surface area contributed by atoms with Gasteiger partial charge in [-0.2, -0.15) is 5.26 Å². The van der Waals surface area contributed by atoms with E-state index in [0.29, 0.717) is 10.6 Å². The van der Waals surface area contributed by atoms with Crippen LogP contribution in [0.2, 0.25) is 5.02 Å². The van der Waals surface area contributed by atoms with E-state index in [1.165, 1.54) is 0 Å². The van der Waals surface area contributed by atoms with Crippen molar-refractivity contribution >= 4 is 39.7 Å². The molecule has 0 heterocycles. The number of fused-ring (bicyclic) bond motifs is 1. The third-order valence-corrected chi connectivity index (χ3v) is 5.91. The average molecular weight is 469 g/mol. The van der Waals surface area contributed by atoms with Gasteiger partial charge in [-0.3, -0.25) is 4.79 Å². The Morgan fingerprint density at radius 3 is 2.47 bits per heavy atom. The summed E-state index contributed by atoms with van der Waals surface area (Å²) in [5, 5.41) is 15.9. The first-order chi connectivity index (χ1) is 16.4. The Hall–Kier alpha value is -3.81. The van der Waals surface area contributed by atoms with Crippen LogP contribution in [0.4, 0.5) is 11.4 Å². The second kappa shape index (κ2) is 10.4. The van der Waals surface area contributed by atoms with E-state index >= 15 is 0 Å². The van der Waals surface area contributed by atoms with Crippen LogP contribution in [0, 0.1) is 11.3 Å². The molecule has 0 aliphatic heterocycles. The van der Waals surface area contributed by atoms with Crippen LogP contribution in [-0.2, 0) is 16.0 Å². The SMILES string of the molecule is CC(C)c1c(CC(=O)OC(C#N)c2cccc(Nc3ccc(Cl)cc3)c2)ccc2ccccc12. The van der Waals surface area contributed by atoms with Crippen molar-refractivity contribution in [2.75, 3.05) is 5.32 Å². The molecule has 1 N–H and O–H groups in total. The minimum absolute atomic E-state index is 0.110. The first-order valence-corrected chi connectivity index (χ1v) is 11.5. The minimum Gasteiger partial charge on any atom is -0.442 e. The average Bonchev–Trinajstić information content (AvgIpc) is 2.83. The van der Waals surface area contributed by atoms with Crippen LogP contribution in [0.5, 0.6) is 0 Å². The molecule has 4 nitrogen and oxygen atoms in total. The van der Waals surface area contributed by atoms with Crippen molar-refractivity contribution in [1.29, 1.82) is 5.26 Å². The van der Waals surface area contributed by atoms with E-state index in [1.807, 2.05) is 54.6 Å². The summed E-state index contributed by atoms with van der Waals surface area (Å²) in [6.45, 7) is 4.24. The Labute approximate surface area is 204 Å². The van der Waals surface area contributed by atoms with Crippen molar-refractivity contribution in [1.82, 2.24) is 0 Å². The molecule has 0 saturated heterocycles. The molecular weight excluding hydrogens is 444 g/mol. The molecule has 0 amide bonds. The number of nitrogens with one attached hydrogen (secondary N) is 1. The smallest absolute Gasteiger partial charge is 0.311 e. The fraction of sp³-hybridized carbons (Fsp3) is 0.172. The number of hydrogen-bond donors (Lipinski definition) is 1. The van der Waals surface area contributed by atoms with Crippen molar-refractivity contribution in [3.63, 3.8) is 0 Å². The lowest BCUT2D eigenvalue weighted by Gasteiger charge is -2.17. The fourth-order valence-corrected chi connectivity index (χ4v) is 4.28. The van der Waals surface area contributed by atoms with Crippen molar-refractivity contribution in [3.05, 3.63) is 107 Å². The highest BCUT2D eigenvalue weighted by Crippen LogP contribution is 2.30. The Morgan fingerprint density at radius 1 is 0.971 bits per heavy atom. The maximum atomic E-state index is 12.9. The summed E-state index contributed by atoms with van der Waals surface area (Å²) in [5.74, 6) is -0.184. The number of carbonyl (C=O) groups is 1. The number of hydrogen-bond acceptors (Lipinski definition) is 4. The van der Waals surface area contributed by atoms with Gasteiger partial charge in [-0.1, -0.05) is 74.0 Å². The number of halogens is 1. The largest absolute Gasteiger partial charge is 0.442 e. The van der Waals surface area contributed by atoms with E-state index in [4.69, 9.17) is 16.3 Å². The van der Waals surface area contributed by atoms with Crippen LogP contribution in [-0.4, -0.2) is 5.97 Å². The molecule has 0 spiro atoms. The Morgan fingerprint density at radius 2 is 1.74 bits per heavy atom. The molecule has 34 heavy (non-hydrogen) atoms. The predicted molar refractivity (Wildman–Crippen MR) is 137 cm³/mol. The van der Waals surface area contributed by atoms with Crippen LogP contribution in [0.3, 0.4) is 0 Å². The second-order valence-electron chi connectivity index (χ2n) is 8.45. The molecule has 4 aromatic rings. The number of anilines is 2. The number of ether oxygens (including phenoxy) is 1. The van der Waals surface area contributed by atoms with E-state index in [-0.39, 0.29) is 12.3 Å². The van der Waals surface area contributed by atoms with E-state index in [9.17, 15) is 10.1 Å². The third kappa shape index (κ3) is 5.39. The summed E-state index contributed by atoms with van der Waals surface area (Å²) in [6.07, 6.45) is -0.887. The molecule has 0 fully saturated rings. The standard InChI is InChI=1S/C29H25ClN2O2/c1-19(2)29-22(11-10-20-6-3-4-9-26(20)29)17-28(33)34-27(18-31)21-7-5-8-25(16-21)32-24-14-12-23(30)13-15-24/h3-16,19,27,32H,17H2,1-2H3. The van der Waals surface area contributed by atoms with Gasteiger partial charge in [0, 0.05) is 22.0 Å². The summed E-state index contributed by atoms with van der Waals surface area (Å²) < 4.78 is 5.61. The van der Waals surface area contributed by atoms with Crippen molar-refractivity contribution < 1.29 is 9.53 Å². The Kier molecular flexibility index (Phi) is 7.15. The molecule has 0 bridgehead atoms. The van der Waals surface area contributed by atoms with Gasteiger partial charge in [-0.05, 0) is 64.2 Å². The monoisotopic (exact) mass is 468 g/mol. The zero-order valence-corrected chi connectivity index (χ0v) is 19.8. The molecule has 0 saturated carbocycles. The predicted octanol–water partition coefficient (Wildman–Crippen LogP) is 7.71. The summed E-state index contributed by atoms with van der Waals surface area (Å²) >= 11 is 5.95. The Bertz CT molecular complexity index is 1360. The number of benzene rings is 4. The third-order valence-electron chi connectivity index (χ3n) is 5.66. The van der Waals surface area contributed by atoms with Crippen LogP contribution >= 0.6 is 11.6 Å². The van der Waals surface area contributed by atoms with Crippen LogP contribution < -0.4 is 5.32 Å². The molecule has 0 aliphatic rings. The molecule has 4 rings (SSSR count). The molecule has 1 atom stereocenters. The summed E-state index contributed by atoms with van der Waals surface area (Å²) in [7, 11) is 0. The first kappa shape index (κ1) is 23.4. The zero-order chi connectivity index (χ0) is 24.1. The molecule has 0 aromatic heterocycles. The highest BCUT2D eigenvalue weighted by molar-refractivity contribution is 6.30. The number of nitriles is 1. The molecule has 0 aliphatic carbocycles. The van der Waals surface area contributed by atoms with Crippen molar-refractivity contribution in [2.45, 2.75) is 32.3 Å². The van der Waals surface area contributed by atoms with Gasteiger partial charge in [0.15, 0.2) is 0 Å². The number of rotatable bonds is 7.